The molecule has 1 aliphatic rings. The van der Waals surface area contributed by atoms with Gasteiger partial charge in [0.05, 0.1) is 6.61 Å². The summed E-state index contributed by atoms with van der Waals surface area (Å²) in [6.45, 7) is 5.78. The predicted molar refractivity (Wildman–Crippen MR) is 77.1 cm³/mol. The van der Waals surface area contributed by atoms with E-state index in [9.17, 15) is 5.11 Å². The number of hydrogen-bond donors (Lipinski definition) is 1. The topological polar surface area (TPSA) is 32.7 Å². The van der Waals surface area contributed by atoms with Crippen molar-refractivity contribution in [2.45, 2.75) is 26.3 Å². The van der Waals surface area contributed by atoms with E-state index in [1.54, 1.807) is 0 Å². The molecule has 1 heterocycles. The first-order chi connectivity index (χ1) is 9.13. The van der Waals surface area contributed by atoms with Crippen molar-refractivity contribution in [2.24, 2.45) is 5.41 Å². The molecule has 2 rings (SSSR count). The fourth-order valence-corrected chi connectivity index (χ4v) is 2.80. The molecule has 0 radical (unpaired) electrons. The van der Waals surface area contributed by atoms with Crippen LogP contribution in [0, 0.1) is 12.3 Å². The molecule has 3 heteroatoms. The van der Waals surface area contributed by atoms with E-state index in [4.69, 9.17) is 4.74 Å². The summed E-state index contributed by atoms with van der Waals surface area (Å²) in [7, 11) is 2.13. The second kappa shape index (κ2) is 6.51. The first-order valence-corrected chi connectivity index (χ1v) is 7.06. The molecule has 0 saturated carbocycles. The molecule has 1 saturated heterocycles. The quantitative estimate of drug-likeness (QED) is 0.884. The smallest absolute Gasteiger partial charge is 0.0501 e. The Morgan fingerprint density at radius 3 is 2.42 bits per heavy atom. The lowest BCUT2D eigenvalue weighted by Gasteiger charge is -2.38. The van der Waals surface area contributed by atoms with Crippen LogP contribution in [0.25, 0.3) is 0 Å². The molecule has 1 aliphatic heterocycles. The third kappa shape index (κ3) is 4.03. The average molecular weight is 263 g/mol. The van der Waals surface area contributed by atoms with Crippen molar-refractivity contribution in [1.29, 1.82) is 0 Å². The maximum absolute atomic E-state index is 9.71. The maximum atomic E-state index is 9.71. The molecule has 1 N–H and O–H groups in total. The number of benzene rings is 1. The Bertz CT molecular complexity index is 382. The monoisotopic (exact) mass is 263 g/mol. The largest absolute Gasteiger partial charge is 0.396 e. The second-order valence-corrected chi connectivity index (χ2v) is 5.93. The molecule has 1 aromatic carbocycles. The van der Waals surface area contributed by atoms with Crippen molar-refractivity contribution >= 4 is 0 Å². The van der Waals surface area contributed by atoms with Crippen molar-refractivity contribution in [3.63, 3.8) is 0 Å². The van der Waals surface area contributed by atoms with E-state index in [-0.39, 0.29) is 12.0 Å². The van der Waals surface area contributed by atoms with Gasteiger partial charge < -0.3 is 14.7 Å². The fraction of sp³-hybridized carbons (Fsp3) is 0.625. The minimum absolute atomic E-state index is 0.0255. The zero-order valence-corrected chi connectivity index (χ0v) is 12.1. The summed E-state index contributed by atoms with van der Waals surface area (Å²) >= 11 is 0. The molecule has 1 aromatic rings. The Morgan fingerprint density at radius 2 is 1.84 bits per heavy atom. The summed E-state index contributed by atoms with van der Waals surface area (Å²) in [4.78, 5) is 2.31. The SMILES string of the molecule is Cc1ccc(CN(C)CC2(CO)CCOCC2)cc1. The van der Waals surface area contributed by atoms with Crippen molar-refractivity contribution in [3.05, 3.63) is 35.4 Å². The highest BCUT2D eigenvalue weighted by Gasteiger charge is 2.32. The summed E-state index contributed by atoms with van der Waals surface area (Å²) in [6.07, 6.45) is 1.92. The molecule has 19 heavy (non-hydrogen) atoms. The lowest BCUT2D eigenvalue weighted by molar-refractivity contribution is -0.0318. The van der Waals surface area contributed by atoms with E-state index >= 15 is 0 Å². The molecular weight excluding hydrogens is 238 g/mol. The van der Waals surface area contributed by atoms with E-state index in [1.807, 2.05) is 0 Å². The Morgan fingerprint density at radius 1 is 1.21 bits per heavy atom. The highest BCUT2D eigenvalue weighted by molar-refractivity contribution is 5.21. The van der Waals surface area contributed by atoms with Crippen molar-refractivity contribution in [3.8, 4) is 0 Å². The van der Waals surface area contributed by atoms with Gasteiger partial charge in [0.1, 0.15) is 0 Å². The van der Waals surface area contributed by atoms with E-state index in [2.05, 4.69) is 43.1 Å². The standard InChI is InChI=1S/C16H25NO2/c1-14-3-5-15(6-4-14)11-17(2)12-16(13-18)7-9-19-10-8-16/h3-6,18H,7-13H2,1-2H3. The summed E-state index contributed by atoms with van der Waals surface area (Å²) in [5, 5.41) is 9.71. The molecule has 0 atom stereocenters. The summed E-state index contributed by atoms with van der Waals surface area (Å²) < 4.78 is 5.41. The molecule has 1 fully saturated rings. The Hall–Kier alpha value is -0.900. The number of nitrogens with zero attached hydrogens (tertiary/aromatic N) is 1. The molecule has 3 nitrogen and oxygen atoms in total. The number of aryl methyl sites for hydroxylation is 1. The molecular formula is C16H25NO2. The maximum Gasteiger partial charge on any atom is 0.0501 e. The third-order valence-electron chi connectivity index (χ3n) is 4.07. The van der Waals surface area contributed by atoms with E-state index < -0.39 is 0 Å². The summed E-state index contributed by atoms with van der Waals surface area (Å²) in [6, 6.07) is 8.67. The molecule has 0 bridgehead atoms. The van der Waals surface area contributed by atoms with Crippen LogP contribution in [-0.2, 0) is 11.3 Å². The van der Waals surface area contributed by atoms with Crippen molar-refractivity contribution in [2.75, 3.05) is 33.4 Å². The van der Waals surface area contributed by atoms with E-state index in [0.717, 1.165) is 39.1 Å². The third-order valence-corrected chi connectivity index (χ3v) is 4.07. The highest BCUT2D eigenvalue weighted by atomic mass is 16.5. The number of rotatable bonds is 5. The molecule has 0 amide bonds. The van der Waals surface area contributed by atoms with Gasteiger partial charge in [0.15, 0.2) is 0 Å². The molecule has 0 spiro atoms. The number of hydrogen-bond acceptors (Lipinski definition) is 3. The lowest BCUT2D eigenvalue weighted by Crippen LogP contribution is -2.42. The zero-order chi connectivity index (χ0) is 13.7. The van der Waals surface area contributed by atoms with Crippen LogP contribution in [0.15, 0.2) is 24.3 Å². The molecule has 0 aromatic heterocycles. The van der Waals surface area contributed by atoms with Gasteiger partial charge in [-0.1, -0.05) is 29.8 Å². The number of aliphatic hydroxyl groups is 1. The minimum atomic E-state index is 0.0255. The number of aliphatic hydroxyl groups excluding tert-OH is 1. The van der Waals surface area contributed by atoms with Crippen LogP contribution < -0.4 is 0 Å². The second-order valence-electron chi connectivity index (χ2n) is 5.93. The van der Waals surface area contributed by atoms with Crippen LogP contribution in [0.1, 0.15) is 24.0 Å². The van der Waals surface area contributed by atoms with Crippen molar-refractivity contribution < 1.29 is 9.84 Å². The minimum Gasteiger partial charge on any atom is -0.396 e. The van der Waals surface area contributed by atoms with E-state index in [1.165, 1.54) is 11.1 Å². The van der Waals surface area contributed by atoms with Gasteiger partial charge in [-0.2, -0.15) is 0 Å². The van der Waals surface area contributed by atoms with Gasteiger partial charge in [-0.25, -0.2) is 0 Å². The van der Waals surface area contributed by atoms with Gasteiger partial charge in [-0.15, -0.1) is 0 Å². The Labute approximate surface area is 116 Å². The van der Waals surface area contributed by atoms with Crippen molar-refractivity contribution in [1.82, 2.24) is 4.90 Å². The van der Waals surface area contributed by atoms with Crippen LogP contribution in [-0.4, -0.2) is 43.4 Å². The molecule has 0 unspecified atom stereocenters. The predicted octanol–water partition coefficient (Wildman–Crippen LogP) is 2.22. The Balaban J connectivity index is 1.92. The first kappa shape index (κ1) is 14.5. The van der Waals surface area contributed by atoms with Crippen LogP contribution in [0.5, 0.6) is 0 Å². The molecule has 0 aliphatic carbocycles. The van der Waals surface area contributed by atoms with Gasteiger partial charge in [-0.05, 0) is 32.4 Å². The fourth-order valence-electron chi connectivity index (χ4n) is 2.80. The first-order valence-electron chi connectivity index (χ1n) is 7.06. The highest BCUT2D eigenvalue weighted by Crippen LogP contribution is 2.31. The Kier molecular flexibility index (Phi) is 4.97. The van der Waals surface area contributed by atoms with Crippen LogP contribution in [0.3, 0.4) is 0 Å². The van der Waals surface area contributed by atoms with Gasteiger partial charge in [0.25, 0.3) is 0 Å². The van der Waals surface area contributed by atoms with Crippen LogP contribution >= 0.6 is 0 Å². The lowest BCUT2D eigenvalue weighted by atomic mass is 9.80. The van der Waals surface area contributed by atoms with Crippen LogP contribution in [0.2, 0.25) is 0 Å². The molecule has 106 valence electrons. The van der Waals surface area contributed by atoms with Gasteiger partial charge in [0.2, 0.25) is 0 Å². The summed E-state index contributed by atoms with van der Waals surface area (Å²) in [5.74, 6) is 0. The van der Waals surface area contributed by atoms with Gasteiger partial charge >= 0.3 is 0 Å². The normalized spacial score (nSPS) is 18.7. The van der Waals surface area contributed by atoms with Gasteiger partial charge in [0, 0.05) is 31.7 Å². The van der Waals surface area contributed by atoms with Crippen LogP contribution in [0.4, 0.5) is 0 Å². The number of ether oxygens (including phenoxy) is 1. The summed E-state index contributed by atoms with van der Waals surface area (Å²) in [5.41, 5.74) is 2.65. The van der Waals surface area contributed by atoms with E-state index in [0.29, 0.717) is 0 Å². The average Bonchev–Trinajstić information content (AvgIpc) is 2.42. The van der Waals surface area contributed by atoms with Gasteiger partial charge in [-0.3, -0.25) is 0 Å². The zero-order valence-electron chi connectivity index (χ0n) is 12.1.